The Labute approximate surface area is 168 Å². The van der Waals surface area contributed by atoms with Gasteiger partial charge in [-0.3, -0.25) is 9.97 Å². The van der Waals surface area contributed by atoms with Gasteiger partial charge >= 0.3 is 0 Å². The summed E-state index contributed by atoms with van der Waals surface area (Å²) in [5.41, 5.74) is 8.35. The van der Waals surface area contributed by atoms with E-state index in [2.05, 4.69) is 81.6 Å². The Hall–Kier alpha value is -3.98. The molecule has 136 valence electrons. The standard InChI is InChI=1S/C26H17N3/c1-2-9-21-20(8-1)22-10-3-11-24-25(13-12-23(21)26(22)24)29(18-6-4-14-27-16-18)19-7-5-15-28-17-19/h1-17H. The zero-order chi connectivity index (χ0) is 19.2. The predicted molar refractivity (Wildman–Crippen MR) is 119 cm³/mol. The van der Waals surface area contributed by atoms with Crippen LogP contribution in [-0.4, -0.2) is 9.97 Å². The van der Waals surface area contributed by atoms with Gasteiger partial charge in [-0.25, -0.2) is 0 Å². The second kappa shape index (κ2) is 6.28. The van der Waals surface area contributed by atoms with Crippen LogP contribution in [-0.2, 0) is 0 Å². The molecule has 0 spiro atoms. The lowest BCUT2D eigenvalue weighted by Crippen LogP contribution is -2.11. The number of hydrogen-bond acceptors (Lipinski definition) is 3. The molecule has 0 fully saturated rings. The van der Waals surface area contributed by atoms with Gasteiger partial charge in [-0.05, 0) is 58.0 Å². The summed E-state index contributed by atoms with van der Waals surface area (Å²) in [5, 5.41) is 2.54. The van der Waals surface area contributed by atoms with E-state index in [0.717, 1.165) is 17.1 Å². The molecule has 5 aromatic rings. The molecule has 1 aliphatic rings. The first-order valence-corrected chi connectivity index (χ1v) is 9.67. The minimum atomic E-state index is 1.01. The SMILES string of the molecule is c1cncc(N(c2cccnc2)c2ccc3c4c(cccc24)-c2ccccc2-3)c1. The fraction of sp³-hybridized carbons (Fsp3) is 0. The van der Waals surface area contributed by atoms with Gasteiger partial charge in [0.1, 0.15) is 0 Å². The van der Waals surface area contributed by atoms with Crippen molar-refractivity contribution in [3.63, 3.8) is 0 Å². The van der Waals surface area contributed by atoms with E-state index < -0.39 is 0 Å². The average molecular weight is 371 g/mol. The summed E-state index contributed by atoms with van der Waals surface area (Å²) in [4.78, 5) is 10.9. The molecule has 0 saturated heterocycles. The lowest BCUT2D eigenvalue weighted by molar-refractivity contribution is 1.21. The first-order chi connectivity index (χ1) is 14.4. The van der Waals surface area contributed by atoms with Crippen LogP contribution in [0.2, 0.25) is 0 Å². The summed E-state index contributed by atoms with van der Waals surface area (Å²) >= 11 is 0. The van der Waals surface area contributed by atoms with Crippen molar-refractivity contribution in [2.24, 2.45) is 0 Å². The van der Waals surface area contributed by atoms with E-state index in [1.165, 1.54) is 33.0 Å². The Morgan fingerprint density at radius 1 is 0.517 bits per heavy atom. The molecule has 0 atom stereocenters. The summed E-state index contributed by atoms with van der Waals surface area (Å²) in [6.07, 6.45) is 7.39. The summed E-state index contributed by atoms with van der Waals surface area (Å²) < 4.78 is 0. The van der Waals surface area contributed by atoms with Crippen LogP contribution in [0, 0.1) is 0 Å². The lowest BCUT2D eigenvalue weighted by atomic mass is 10.0. The minimum Gasteiger partial charge on any atom is -0.307 e. The van der Waals surface area contributed by atoms with Crippen LogP contribution in [0.4, 0.5) is 17.1 Å². The van der Waals surface area contributed by atoms with E-state index in [-0.39, 0.29) is 0 Å². The highest BCUT2D eigenvalue weighted by Gasteiger charge is 2.24. The van der Waals surface area contributed by atoms with Crippen molar-refractivity contribution in [3.05, 3.63) is 104 Å². The molecule has 3 nitrogen and oxygen atoms in total. The van der Waals surface area contributed by atoms with Crippen molar-refractivity contribution >= 4 is 27.8 Å². The van der Waals surface area contributed by atoms with Crippen LogP contribution in [0.3, 0.4) is 0 Å². The van der Waals surface area contributed by atoms with Crippen LogP contribution >= 0.6 is 0 Å². The predicted octanol–water partition coefficient (Wildman–Crippen LogP) is 6.75. The second-order valence-corrected chi connectivity index (χ2v) is 7.16. The maximum absolute atomic E-state index is 4.35. The Kier molecular flexibility index (Phi) is 3.47. The molecule has 0 amide bonds. The maximum atomic E-state index is 4.35. The summed E-state index contributed by atoms with van der Waals surface area (Å²) in [5.74, 6) is 0. The topological polar surface area (TPSA) is 29.0 Å². The highest BCUT2D eigenvalue weighted by molar-refractivity contribution is 6.19. The van der Waals surface area contributed by atoms with E-state index >= 15 is 0 Å². The zero-order valence-corrected chi connectivity index (χ0v) is 15.7. The fourth-order valence-corrected chi connectivity index (χ4v) is 4.39. The van der Waals surface area contributed by atoms with E-state index in [1.54, 1.807) is 12.4 Å². The van der Waals surface area contributed by atoms with Crippen LogP contribution in [0.1, 0.15) is 0 Å². The van der Waals surface area contributed by atoms with E-state index in [9.17, 15) is 0 Å². The van der Waals surface area contributed by atoms with Crippen LogP contribution in [0.15, 0.2) is 104 Å². The molecule has 2 heterocycles. The number of nitrogens with zero attached hydrogens (tertiary/aromatic N) is 3. The van der Waals surface area contributed by atoms with Crippen molar-refractivity contribution in [2.45, 2.75) is 0 Å². The zero-order valence-electron chi connectivity index (χ0n) is 15.7. The molecule has 0 N–H and O–H groups in total. The molecule has 0 aliphatic heterocycles. The van der Waals surface area contributed by atoms with Gasteiger partial charge in [-0.1, -0.05) is 48.5 Å². The van der Waals surface area contributed by atoms with Gasteiger partial charge in [0.25, 0.3) is 0 Å². The van der Waals surface area contributed by atoms with Crippen molar-refractivity contribution in [2.75, 3.05) is 4.90 Å². The third kappa shape index (κ3) is 2.38. The number of rotatable bonds is 3. The molecule has 6 rings (SSSR count). The van der Waals surface area contributed by atoms with E-state index in [0.29, 0.717) is 0 Å². The molecule has 0 saturated carbocycles. The molecule has 0 unspecified atom stereocenters. The third-order valence-corrected chi connectivity index (χ3v) is 5.57. The molecular formula is C26H17N3. The highest BCUT2D eigenvalue weighted by atomic mass is 15.2. The van der Waals surface area contributed by atoms with Crippen molar-refractivity contribution in [1.82, 2.24) is 9.97 Å². The number of hydrogen-bond donors (Lipinski definition) is 0. The highest BCUT2D eigenvalue weighted by Crippen LogP contribution is 2.50. The van der Waals surface area contributed by atoms with Gasteiger partial charge in [0.2, 0.25) is 0 Å². The quantitative estimate of drug-likeness (QED) is 0.345. The summed E-state index contributed by atoms with van der Waals surface area (Å²) in [7, 11) is 0. The Morgan fingerprint density at radius 3 is 1.76 bits per heavy atom. The number of pyridine rings is 2. The summed E-state index contributed by atoms with van der Waals surface area (Å²) in [6.45, 7) is 0. The van der Waals surface area contributed by atoms with Crippen LogP contribution in [0.5, 0.6) is 0 Å². The Morgan fingerprint density at radius 2 is 1.14 bits per heavy atom. The minimum absolute atomic E-state index is 1.01. The number of aromatic nitrogens is 2. The second-order valence-electron chi connectivity index (χ2n) is 7.16. The number of fused-ring (bicyclic) bond motifs is 3. The molecule has 3 heteroatoms. The van der Waals surface area contributed by atoms with E-state index in [4.69, 9.17) is 0 Å². The molecule has 3 aromatic carbocycles. The van der Waals surface area contributed by atoms with Crippen LogP contribution in [0.25, 0.3) is 33.0 Å². The Balaban J connectivity index is 1.67. The number of benzene rings is 3. The maximum Gasteiger partial charge on any atom is 0.0645 e. The van der Waals surface area contributed by atoms with Crippen molar-refractivity contribution < 1.29 is 0 Å². The summed E-state index contributed by atoms with van der Waals surface area (Å²) in [6, 6.07) is 27.8. The normalized spacial score (nSPS) is 11.4. The van der Waals surface area contributed by atoms with Gasteiger partial charge < -0.3 is 4.90 Å². The van der Waals surface area contributed by atoms with Gasteiger partial charge in [0, 0.05) is 17.8 Å². The van der Waals surface area contributed by atoms with Crippen molar-refractivity contribution in [1.29, 1.82) is 0 Å². The number of anilines is 3. The van der Waals surface area contributed by atoms with Gasteiger partial charge in [-0.15, -0.1) is 0 Å². The third-order valence-electron chi connectivity index (χ3n) is 5.57. The van der Waals surface area contributed by atoms with Gasteiger partial charge in [0.05, 0.1) is 29.5 Å². The fourth-order valence-electron chi connectivity index (χ4n) is 4.39. The Bertz CT molecular complexity index is 1280. The van der Waals surface area contributed by atoms with Crippen LogP contribution < -0.4 is 4.90 Å². The molecule has 1 aliphatic carbocycles. The smallest absolute Gasteiger partial charge is 0.0645 e. The molecule has 0 radical (unpaired) electrons. The van der Waals surface area contributed by atoms with Crippen molar-refractivity contribution in [3.8, 4) is 22.3 Å². The largest absolute Gasteiger partial charge is 0.307 e. The molecular weight excluding hydrogens is 354 g/mol. The van der Waals surface area contributed by atoms with Gasteiger partial charge in [0.15, 0.2) is 0 Å². The first-order valence-electron chi connectivity index (χ1n) is 9.67. The lowest BCUT2D eigenvalue weighted by Gasteiger charge is -2.26. The first kappa shape index (κ1) is 16.0. The molecule has 0 bridgehead atoms. The molecule has 2 aromatic heterocycles. The molecule has 29 heavy (non-hydrogen) atoms. The average Bonchev–Trinajstić information content (AvgIpc) is 3.13. The monoisotopic (exact) mass is 371 g/mol. The van der Waals surface area contributed by atoms with E-state index in [1.807, 2.05) is 24.5 Å². The van der Waals surface area contributed by atoms with Gasteiger partial charge in [-0.2, -0.15) is 0 Å².